The van der Waals surface area contributed by atoms with Gasteiger partial charge in [0.05, 0.1) is 31.2 Å². The molecule has 2 rings (SSSR count). The fourth-order valence-electron chi connectivity index (χ4n) is 2.65. The van der Waals surface area contributed by atoms with Crippen LogP contribution in [0.1, 0.15) is 45.4 Å². The van der Waals surface area contributed by atoms with Crippen LogP contribution in [0, 0.1) is 0 Å². The summed E-state index contributed by atoms with van der Waals surface area (Å²) in [5, 5.41) is 8.53. The Hall–Kier alpha value is -3.15. The molecule has 166 valence electrons. The largest absolute Gasteiger partial charge is 0.494 e. The molecule has 0 amide bonds. The first-order valence-electron chi connectivity index (χ1n) is 10.9. The van der Waals surface area contributed by atoms with Crippen molar-refractivity contribution < 1.29 is 19.0 Å². The van der Waals surface area contributed by atoms with Gasteiger partial charge in [-0.05, 0) is 80.6 Å². The Bertz CT molecular complexity index is 801. The van der Waals surface area contributed by atoms with E-state index in [0.29, 0.717) is 13.2 Å². The number of nitrogens with zero attached hydrogens (tertiary/aromatic N) is 2. The van der Waals surface area contributed by atoms with Crippen LogP contribution >= 0.6 is 0 Å². The Morgan fingerprint density at radius 2 is 1.26 bits per heavy atom. The van der Waals surface area contributed by atoms with E-state index in [2.05, 4.69) is 23.7 Å². The average Bonchev–Trinajstić information content (AvgIpc) is 2.81. The molecule has 31 heavy (non-hydrogen) atoms. The standard InChI is InChI=1S/C25H32N2O4/c1-3-5-18-29-23-14-10-21(11-15-23)26-27-22-12-16-24(17-13-22)30-19-8-6-7-9-20-31-25(28)4-2/h4,10-17H,2-3,5-9,18-20H2,1H3. The topological polar surface area (TPSA) is 69.5 Å². The summed E-state index contributed by atoms with van der Waals surface area (Å²) in [5.41, 5.74) is 1.55. The highest BCUT2D eigenvalue weighted by atomic mass is 16.5. The van der Waals surface area contributed by atoms with E-state index in [1.54, 1.807) is 0 Å². The fraction of sp³-hybridized carbons (Fsp3) is 0.400. The van der Waals surface area contributed by atoms with E-state index in [9.17, 15) is 4.79 Å². The molecular weight excluding hydrogens is 392 g/mol. The number of azo groups is 1. The van der Waals surface area contributed by atoms with Gasteiger partial charge < -0.3 is 14.2 Å². The van der Waals surface area contributed by atoms with Crippen molar-refractivity contribution in [3.8, 4) is 11.5 Å². The Labute approximate surface area is 184 Å². The lowest BCUT2D eigenvalue weighted by molar-refractivity contribution is -0.137. The van der Waals surface area contributed by atoms with Gasteiger partial charge in [0.25, 0.3) is 0 Å². The highest BCUT2D eigenvalue weighted by molar-refractivity contribution is 5.81. The predicted molar refractivity (Wildman–Crippen MR) is 123 cm³/mol. The van der Waals surface area contributed by atoms with Crippen LogP contribution in [-0.4, -0.2) is 25.8 Å². The Morgan fingerprint density at radius 3 is 1.74 bits per heavy atom. The second-order valence-electron chi connectivity index (χ2n) is 7.02. The zero-order valence-corrected chi connectivity index (χ0v) is 18.3. The molecular formula is C25H32N2O4. The minimum atomic E-state index is -0.364. The summed E-state index contributed by atoms with van der Waals surface area (Å²) >= 11 is 0. The molecule has 0 saturated carbocycles. The lowest BCUT2D eigenvalue weighted by atomic mass is 10.2. The van der Waals surface area contributed by atoms with Crippen molar-refractivity contribution in [2.24, 2.45) is 10.2 Å². The number of hydrogen-bond acceptors (Lipinski definition) is 6. The quantitative estimate of drug-likeness (QED) is 0.134. The van der Waals surface area contributed by atoms with Crippen LogP contribution in [0.15, 0.2) is 71.4 Å². The second kappa shape index (κ2) is 14.8. The van der Waals surface area contributed by atoms with Crippen LogP contribution in [0.2, 0.25) is 0 Å². The van der Waals surface area contributed by atoms with Crippen molar-refractivity contribution in [1.29, 1.82) is 0 Å². The van der Waals surface area contributed by atoms with Crippen LogP contribution in [0.5, 0.6) is 11.5 Å². The van der Waals surface area contributed by atoms with Crippen LogP contribution in [0.4, 0.5) is 11.4 Å². The van der Waals surface area contributed by atoms with Crippen molar-refractivity contribution in [2.75, 3.05) is 19.8 Å². The zero-order valence-electron chi connectivity index (χ0n) is 18.3. The molecule has 2 aromatic carbocycles. The highest BCUT2D eigenvalue weighted by Crippen LogP contribution is 2.23. The molecule has 0 heterocycles. The van der Waals surface area contributed by atoms with Crippen molar-refractivity contribution in [3.63, 3.8) is 0 Å². The summed E-state index contributed by atoms with van der Waals surface area (Å²) in [6, 6.07) is 15.2. The Morgan fingerprint density at radius 1 is 0.774 bits per heavy atom. The fourth-order valence-corrected chi connectivity index (χ4v) is 2.65. The minimum absolute atomic E-state index is 0.364. The minimum Gasteiger partial charge on any atom is -0.494 e. The van der Waals surface area contributed by atoms with E-state index in [1.807, 2.05) is 48.5 Å². The molecule has 2 aromatic rings. The molecule has 0 aliphatic heterocycles. The third kappa shape index (κ3) is 10.4. The lowest BCUT2D eigenvalue weighted by Crippen LogP contribution is -2.02. The summed E-state index contributed by atoms with van der Waals surface area (Å²) < 4.78 is 16.3. The summed E-state index contributed by atoms with van der Waals surface area (Å²) in [6.45, 7) is 7.34. The maximum absolute atomic E-state index is 10.9. The van der Waals surface area contributed by atoms with Crippen molar-refractivity contribution in [3.05, 3.63) is 61.2 Å². The highest BCUT2D eigenvalue weighted by Gasteiger charge is 1.98. The van der Waals surface area contributed by atoms with Gasteiger partial charge in [0.2, 0.25) is 0 Å². The van der Waals surface area contributed by atoms with Gasteiger partial charge in [-0.2, -0.15) is 10.2 Å². The number of unbranched alkanes of at least 4 members (excludes halogenated alkanes) is 4. The number of esters is 1. The number of carbonyl (C=O) groups is 1. The van der Waals surface area contributed by atoms with E-state index in [4.69, 9.17) is 14.2 Å². The number of hydrogen-bond donors (Lipinski definition) is 0. The molecule has 6 nitrogen and oxygen atoms in total. The van der Waals surface area contributed by atoms with Gasteiger partial charge in [-0.15, -0.1) is 0 Å². The summed E-state index contributed by atoms with van der Waals surface area (Å²) in [6.07, 6.45) is 7.19. The van der Waals surface area contributed by atoms with E-state index in [0.717, 1.165) is 68.0 Å². The first-order valence-corrected chi connectivity index (χ1v) is 10.9. The lowest BCUT2D eigenvalue weighted by Gasteiger charge is -2.06. The van der Waals surface area contributed by atoms with Crippen LogP contribution in [-0.2, 0) is 9.53 Å². The van der Waals surface area contributed by atoms with Gasteiger partial charge in [0.1, 0.15) is 11.5 Å². The molecule has 0 spiro atoms. The van der Waals surface area contributed by atoms with Crippen molar-refractivity contribution in [1.82, 2.24) is 0 Å². The maximum atomic E-state index is 10.9. The molecule has 0 aliphatic carbocycles. The van der Waals surface area contributed by atoms with Crippen LogP contribution < -0.4 is 9.47 Å². The molecule has 6 heteroatoms. The van der Waals surface area contributed by atoms with Crippen molar-refractivity contribution >= 4 is 17.3 Å². The monoisotopic (exact) mass is 424 g/mol. The third-order valence-corrected chi connectivity index (χ3v) is 4.44. The molecule has 0 bridgehead atoms. The summed E-state index contributed by atoms with van der Waals surface area (Å²) in [5.74, 6) is 1.30. The molecule has 0 N–H and O–H groups in total. The van der Waals surface area contributed by atoms with E-state index >= 15 is 0 Å². The first-order chi connectivity index (χ1) is 15.2. The zero-order chi connectivity index (χ0) is 22.2. The maximum Gasteiger partial charge on any atom is 0.330 e. The molecule has 0 aliphatic rings. The Kier molecular flexibility index (Phi) is 11.5. The second-order valence-corrected chi connectivity index (χ2v) is 7.02. The molecule has 0 aromatic heterocycles. The molecule has 0 unspecified atom stereocenters. The van der Waals surface area contributed by atoms with Gasteiger partial charge >= 0.3 is 5.97 Å². The predicted octanol–water partition coefficient (Wildman–Crippen LogP) is 6.95. The smallest absolute Gasteiger partial charge is 0.330 e. The average molecular weight is 425 g/mol. The molecule has 0 atom stereocenters. The van der Waals surface area contributed by atoms with Gasteiger partial charge in [-0.3, -0.25) is 0 Å². The first kappa shape index (κ1) is 24.1. The van der Waals surface area contributed by atoms with Crippen LogP contribution in [0.25, 0.3) is 0 Å². The third-order valence-electron chi connectivity index (χ3n) is 4.44. The van der Waals surface area contributed by atoms with Crippen molar-refractivity contribution in [2.45, 2.75) is 45.4 Å². The van der Waals surface area contributed by atoms with Gasteiger partial charge in [-0.25, -0.2) is 4.79 Å². The molecule has 0 radical (unpaired) electrons. The molecule has 0 fully saturated rings. The number of rotatable bonds is 15. The van der Waals surface area contributed by atoms with E-state index in [-0.39, 0.29) is 5.97 Å². The van der Waals surface area contributed by atoms with E-state index < -0.39 is 0 Å². The Balaban J connectivity index is 1.64. The number of ether oxygens (including phenoxy) is 3. The SMILES string of the molecule is C=CC(=O)OCCCCCCOc1ccc(N=Nc2ccc(OCCCC)cc2)cc1. The van der Waals surface area contributed by atoms with Crippen LogP contribution in [0.3, 0.4) is 0 Å². The van der Waals surface area contributed by atoms with E-state index in [1.165, 1.54) is 6.08 Å². The summed E-state index contributed by atoms with van der Waals surface area (Å²) in [4.78, 5) is 10.9. The van der Waals surface area contributed by atoms with Gasteiger partial charge in [-0.1, -0.05) is 19.9 Å². The van der Waals surface area contributed by atoms with Gasteiger partial charge in [0, 0.05) is 6.08 Å². The summed E-state index contributed by atoms with van der Waals surface area (Å²) in [7, 11) is 0. The number of benzene rings is 2. The van der Waals surface area contributed by atoms with Gasteiger partial charge in [0.15, 0.2) is 0 Å². The number of carbonyl (C=O) groups excluding carboxylic acids is 1. The molecule has 0 saturated heterocycles. The normalized spacial score (nSPS) is 10.7.